The molecule has 3 N–H and O–H groups in total. The van der Waals surface area contributed by atoms with Crippen LogP contribution in [0.5, 0.6) is 5.75 Å². The number of hydrazone groups is 1. The van der Waals surface area contributed by atoms with Crippen LogP contribution >= 0.6 is 0 Å². The van der Waals surface area contributed by atoms with Crippen LogP contribution in [0.2, 0.25) is 0 Å². The SMILES string of the molecule is COc1ccccc1C1CC(c2ccc(-c3ccccc3)cc2)=C/C(=N/NC(N)=O)C1. The van der Waals surface area contributed by atoms with E-state index in [0.717, 1.165) is 34.6 Å². The molecule has 0 saturated heterocycles. The zero-order chi connectivity index (χ0) is 21.6. The molecule has 156 valence electrons. The molecular weight excluding hydrogens is 386 g/mol. The van der Waals surface area contributed by atoms with E-state index in [2.05, 4.69) is 53.0 Å². The normalized spacial score (nSPS) is 17.1. The van der Waals surface area contributed by atoms with Gasteiger partial charge < -0.3 is 10.5 Å². The maximum atomic E-state index is 11.2. The minimum absolute atomic E-state index is 0.179. The van der Waals surface area contributed by atoms with Crippen molar-refractivity contribution in [1.29, 1.82) is 0 Å². The van der Waals surface area contributed by atoms with Crippen LogP contribution in [0.3, 0.4) is 0 Å². The average molecular weight is 412 g/mol. The molecule has 0 spiro atoms. The minimum atomic E-state index is -0.672. The molecule has 0 radical (unpaired) electrons. The Balaban J connectivity index is 1.67. The number of para-hydroxylation sites is 1. The third-order valence-corrected chi connectivity index (χ3v) is 5.51. The summed E-state index contributed by atoms with van der Waals surface area (Å²) in [5, 5.41) is 4.23. The van der Waals surface area contributed by atoms with Crippen LogP contribution in [0, 0.1) is 0 Å². The highest BCUT2D eigenvalue weighted by Gasteiger charge is 2.24. The number of methoxy groups -OCH3 is 1. The number of urea groups is 1. The number of carbonyl (C=O) groups excluding carboxylic acids is 1. The van der Waals surface area contributed by atoms with E-state index in [1.165, 1.54) is 11.1 Å². The summed E-state index contributed by atoms with van der Waals surface area (Å²) in [5.41, 5.74) is 14.1. The van der Waals surface area contributed by atoms with Gasteiger partial charge in [-0.3, -0.25) is 0 Å². The Morgan fingerprint density at radius 2 is 1.55 bits per heavy atom. The molecule has 0 saturated carbocycles. The van der Waals surface area contributed by atoms with Crippen molar-refractivity contribution in [3.63, 3.8) is 0 Å². The van der Waals surface area contributed by atoms with Gasteiger partial charge in [0.15, 0.2) is 0 Å². The largest absolute Gasteiger partial charge is 0.496 e. The fraction of sp³-hybridized carbons (Fsp3) is 0.154. The number of allylic oxidation sites excluding steroid dienone is 2. The summed E-state index contributed by atoms with van der Waals surface area (Å²) in [6.07, 6.45) is 3.58. The molecule has 31 heavy (non-hydrogen) atoms. The monoisotopic (exact) mass is 411 g/mol. The summed E-state index contributed by atoms with van der Waals surface area (Å²) in [6, 6.07) is 26.2. The third-order valence-electron chi connectivity index (χ3n) is 5.51. The molecule has 5 heteroatoms. The van der Waals surface area contributed by atoms with Gasteiger partial charge in [-0.1, -0.05) is 72.8 Å². The predicted octanol–water partition coefficient (Wildman–Crippen LogP) is 5.35. The van der Waals surface area contributed by atoms with Crippen molar-refractivity contribution >= 4 is 17.3 Å². The molecule has 1 atom stereocenters. The first-order chi connectivity index (χ1) is 15.1. The van der Waals surface area contributed by atoms with E-state index in [9.17, 15) is 4.79 Å². The maximum Gasteiger partial charge on any atom is 0.332 e. The molecule has 0 aromatic heterocycles. The lowest BCUT2D eigenvalue weighted by atomic mass is 9.80. The van der Waals surface area contributed by atoms with Crippen LogP contribution in [-0.2, 0) is 0 Å². The molecule has 0 heterocycles. The lowest BCUT2D eigenvalue weighted by Gasteiger charge is -2.26. The predicted molar refractivity (Wildman–Crippen MR) is 125 cm³/mol. The average Bonchev–Trinajstić information content (AvgIpc) is 2.83. The number of hydrogen-bond acceptors (Lipinski definition) is 3. The Labute approximate surface area is 182 Å². The van der Waals surface area contributed by atoms with E-state index >= 15 is 0 Å². The molecule has 1 aliphatic rings. The molecule has 1 aliphatic carbocycles. The van der Waals surface area contributed by atoms with Crippen LogP contribution < -0.4 is 15.9 Å². The van der Waals surface area contributed by atoms with Gasteiger partial charge in [-0.05, 0) is 58.7 Å². The van der Waals surface area contributed by atoms with Crippen LogP contribution in [-0.4, -0.2) is 18.9 Å². The fourth-order valence-electron chi connectivity index (χ4n) is 4.05. The Kier molecular flexibility index (Phi) is 6.13. The Morgan fingerprint density at radius 1 is 0.903 bits per heavy atom. The van der Waals surface area contributed by atoms with Gasteiger partial charge in [0.05, 0.1) is 12.8 Å². The number of nitrogens with two attached hydrogens (primary N) is 1. The number of carbonyl (C=O) groups is 1. The van der Waals surface area contributed by atoms with Gasteiger partial charge in [-0.25, -0.2) is 10.2 Å². The summed E-state index contributed by atoms with van der Waals surface area (Å²) < 4.78 is 5.59. The smallest absolute Gasteiger partial charge is 0.332 e. The molecule has 0 fully saturated rings. The second-order valence-electron chi connectivity index (χ2n) is 7.54. The highest BCUT2D eigenvalue weighted by atomic mass is 16.5. The van der Waals surface area contributed by atoms with Crippen molar-refractivity contribution in [2.24, 2.45) is 10.8 Å². The number of ether oxygens (including phenoxy) is 1. The topological polar surface area (TPSA) is 76.7 Å². The molecule has 3 aromatic carbocycles. The van der Waals surface area contributed by atoms with Crippen molar-refractivity contribution in [1.82, 2.24) is 5.43 Å². The number of hydrogen-bond donors (Lipinski definition) is 2. The lowest BCUT2D eigenvalue weighted by Crippen LogP contribution is -2.26. The summed E-state index contributed by atoms with van der Waals surface area (Å²) in [6.45, 7) is 0. The van der Waals surface area contributed by atoms with Crippen molar-refractivity contribution < 1.29 is 9.53 Å². The van der Waals surface area contributed by atoms with Gasteiger partial charge in [0.1, 0.15) is 5.75 Å². The lowest BCUT2D eigenvalue weighted by molar-refractivity contribution is 0.249. The highest BCUT2D eigenvalue weighted by Crippen LogP contribution is 2.40. The van der Waals surface area contributed by atoms with Crippen LogP contribution in [0.1, 0.15) is 29.9 Å². The number of nitrogens with zero attached hydrogens (tertiary/aromatic N) is 1. The van der Waals surface area contributed by atoms with E-state index < -0.39 is 6.03 Å². The van der Waals surface area contributed by atoms with E-state index in [1.54, 1.807) is 7.11 Å². The Bertz CT molecular complexity index is 1120. The second-order valence-corrected chi connectivity index (χ2v) is 7.54. The summed E-state index contributed by atoms with van der Waals surface area (Å²) in [7, 11) is 1.68. The number of benzene rings is 3. The van der Waals surface area contributed by atoms with E-state index in [1.807, 2.05) is 42.5 Å². The second kappa shape index (κ2) is 9.30. The van der Waals surface area contributed by atoms with Gasteiger partial charge in [0.2, 0.25) is 0 Å². The quantitative estimate of drug-likeness (QED) is 0.556. The van der Waals surface area contributed by atoms with Gasteiger partial charge in [-0.15, -0.1) is 0 Å². The van der Waals surface area contributed by atoms with Crippen molar-refractivity contribution in [2.45, 2.75) is 18.8 Å². The first-order valence-electron chi connectivity index (χ1n) is 10.3. The highest BCUT2D eigenvalue weighted by molar-refractivity contribution is 6.03. The van der Waals surface area contributed by atoms with E-state index in [0.29, 0.717) is 6.42 Å². The molecule has 5 nitrogen and oxygen atoms in total. The number of rotatable bonds is 5. The Hall–Kier alpha value is -3.86. The standard InChI is InChI=1S/C26H25N3O2/c1-31-25-10-6-5-9-24(25)22-15-21(16-23(17-22)28-29-26(27)30)20-13-11-19(12-14-20)18-7-3-2-4-8-18/h2-14,16,22H,15,17H2,1H3,(H3,27,29,30)/b28-23-. The summed E-state index contributed by atoms with van der Waals surface area (Å²) in [5.74, 6) is 1.04. The van der Waals surface area contributed by atoms with Gasteiger partial charge in [0, 0.05) is 0 Å². The summed E-state index contributed by atoms with van der Waals surface area (Å²) >= 11 is 0. The van der Waals surface area contributed by atoms with Crippen LogP contribution in [0.25, 0.3) is 16.7 Å². The van der Waals surface area contributed by atoms with Crippen LogP contribution in [0.4, 0.5) is 4.79 Å². The Morgan fingerprint density at radius 3 is 2.26 bits per heavy atom. The zero-order valence-corrected chi connectivity index (χ0v) is 17.4. The van der Waals surface area contributed by atoms with Crippen molar-refractivity contribution in [3.8, 4) is 16.9 Å². The third kappa shape index (κ3) is 4.83. The maximum absolute atomic E-state index is 11.2. The molecule has 4 rings (SSSR count). The molecule has 2 amide bonds. The summed E-state index contributed by atoms with van der Waals surface area (Å²) in [4.78, 5) is 11.2. The number of amides is 2. The van der Waals surface area contributed by atoms with E-state index in [-0.39, 0.29) is 5.92 Å². The number of primary amides is 1. The van der Waals surface area contributed by atoms with Crippen LogP contribution in [0.15, 0.2) is 90.0 Å². The molecule has 0 aliphatic heterocycles. The molecule has 3 aromatic rings. The first kappa shape index (κ1) is 20.4. The molecule has 1 unspecified atom stereocenters. The van der Waals surface area contributed by atoms with Gasteiger partial charge in [0.25, 0.3) is 0 Å². The molecular formula is C26H25N3O2. The number of nitrogens with one attached hydrogen (secondary N) is 1. The zero-order valence-electron chi connectivity index (χ0n) is 17.4. The first-order valence-corrected chi connectivity index (χ1v) is 10.3. The fourth-order valence-corrected chi connectivity index (χ4v) is 4.05. The van der Waals surface area contributed by atoms with Crippen molar-refractivity contribution in [2.75, 3.05) is 7.11 Å². The minimum Gasteiger partial charge on any atom is -0.496 e. The van der Waals surface area contributed by atoms with E-state index in [4.69, 9.17) is 10.5 Å². The molecule has 0 bridgehead atoms. The van der Waals surface area contributed by atoms with Gasteiger partial charge in [-0.2, -0.15) is 5.10 Å². The van der Waals surface area contributed by atoms with Crippen molar-refractivity contribution in [3.05, 3.63) is 96.1 Å². The van der Waals surface area contributed by atoms with Gasteiger partial charge >= 0.3 is 6.03 Å².